The Morgan fingerprint density at radius 3 is 3.06 bits per heavy atom. The molecule has 1 aliphatic heterocycles. The summed E-state index contributed by atoms with van der Waals surface area (Å²) in [5.74, 6) is 0.585. The van der Waals surface area contributed by atoms with Crippen LogP contribution in [0.4, 0.5) is 0 Å². The Labute approximate surface area is 95.1 Å². The molecule has 2 rings (SSSR count). The summed E-state index contributed by atoms with van der Waals surface area (Å²) in [6.07, 6.45) is 4.51. The van der Waals surface area contributed by atoms with Gasteiger partial charge in [0.05, 0.1) is 24.7 Å². The summed E-state index contributed by atoms with van der Waals surface area (Å²) >= 11 is 0. The van der Waals surface area contributed by atoms with Crippen LogP contribution in [0.1, 0.15) is 12.1 Å². The maximum absolute atomic E-state index is 8.83. The minimum absolute atomic E-state index is 0.170. The smallest absolute Gasteiger partial charge is 0.232 e. The zero-order valence-corrected chi connectivity index (χ0v) is 9.46. The Balaban J connectivity index is 1.84. The molecule has 88 valence electrons. The van der Waals surface area contributed by atoms with Crippen molar-refractivity contribution in [2.45, 2.75) is 19.4 Å². The van der Waals surface area contributed by atoms with Gasteiger partial charge >= 0.3 is 0 Å². The molecule has 5 heteroatoms. The van der Waals surface area contributed by atoms with Crippen molar-refractivity contribution in [2.75, 3.05) is 26.2 Å². The fraction of sp³-hybridized carbons (Fsp3) is 0.636. The number of likely N-dealkylation sites (tertiary alicyclic amines) is 1. The van der Waals surface area contributed by atoms with Gasteiger partial charge in [0.1, 0.15) is 6.10 Å². The molecule has 0 radical (unpaired) electrons. The maximum atomic E-state index is 8.83. The number of nitrogens with zero attached hydrogens (tertiary/aromatic N) is 3. The molecule has 2 heterocycles. The van der Waals surface area contributed by atoms with Crippen LogP contribution in [0.5, 0.6) is 5.88 Å². The van der Waals surface area contributed by atoms with Crippen molar-refractivity contribution in [3.63, 3.8) is 0 Å². The molecule has 1 N–H and O–H groups in total. The molecule has 1 saturated heterocycles. The molecule has 5 nitrogen and oxygen atoms in total. The number of rotatable bonds is 4. The molecule has 1 unspecified atom stereocenters. The van der Waals surface area contributed by atoms with E-state index in [1.807, 2.05) is 6.92 Å². The third kappa shape index (κ3) is 2.90. The van der Waals surface area contributed by atoms with E-state index in [-0.39, 0.29) is 12.7 Å². The van der Waals surface area contributed by atoms with Gasteiger partial charge in [-0.25, -0.2) is 4.98 Å². The summed E-state index contributed by atoms with van der Waals surface area (Å²) in [4.78, 5) is 10.5. The fourth-order valence-corrected chi connectivity index (χ4v) is 1.85. The van der Waals surface area contributed by atoms with Crippen LogP contribution >= 0.6 is 0 Å². The van der Waals surface area contributed by atoms with Crippen LogP contribution in [0.15, 0.2) is 12.4 Å². The lowest BCUT2D eigenvalue weighted by Crippen LogP contribution is -2.27. The predicted molar refractivity (Wildman–Crippen MR) is 59.3 cm³/mol. The van der Waals surface area contributed by atoms with Gasteiger partial charge in [-0.05, 0) is 13.3 Å². The van der Waals surface area contributed by atoms with Gasteiger partial charge in [-0.3, -0.25) is 9.88 Å². The first-order valence-electron chi connectivity index (χ1n) is 5.56. The van der Waals surface area contributed by atoms with Crippen LogP contribution in [0, 0.1) is 6.92 Å². The molecule has 0 spiro atoms. The summed E-state index contributed by atoms with van der Waals surface area (Å²) in [5, 5.41) is 8.83. The van der Waals surface area contributed by atoms with E-state index in [0.717, 1.165) is 31.7 Å². The number of β-amino-alcohol motifs (C(OH)–C–C–N with tert-alkyl or cyclic N) is 1. The normalized spacial score (nSPS) is 21.2. The van der Waals surface area contributed by atoms with E-state index in [1.165, 1.54) is 0 Å². The van der Waals surface area contributed by atoms with E-state index < -0.39 is 0 Å². The Hall–Kier alpha value is -1.20. The van der Waals surface area contributed by atoms with E-state index in [9.17, 15) is 0 Å². The van der Waals surface area contributed by atoms with E-state index >= 15 is 0 Å². The van der Waals surface area contributed by atoms with Crippen molar-refractivity contribution in [3.05, 3.63) is 18.1 Å². The summed E-state index contributed by atoms with van der Waals surface area (Å²) in [6.45, 7) is 4.66. The number of aromatic nitrogens is 2. The monoisotopic (exact) mass is 223 g/mol. The topological polar surface area (TPSA) is 58.5 Å². The zero-order valence-electron chi connectivity index (χ0n) is 9.46. The molecule has 1 fully saturated rings. The van der Waals surface area contributed by atoms with Gasteiger partial charge in [0.15, 0.2) is 0 Å². The highest BCUT2D eigenvalue weighted by atomic mass is 16.5. The maximum Gasteiger partial charge on any atom is 0.232 e. The van der Waals surface area contributed by atoms with Gasteiger partial charge in [0, 0.05) is 19.6 Å². The lowest BCUT2D eigenvalue weighted by Gasteiger charge is -2.14. The zero-order chi connectivity index (χ0) is 11.4. The SMILES string of the molecule is Cc1cnc(OC2CCN(CCO)C2)cn1. The van der Waals surface area contributed by atoms with Crippen LogP contribution in [0.2, 0.25) is 0 Å². The third-order valence-electron chi connectivity index (χ3n) is 2.69. The van der Waals surface area contributed by atoms with Crippen LogP contribution in [0.25, 0.3) is 0 Å². The standard InChI is InChI=1S/C11H17N3O2/c1-9-6-13-11(7-12-9)16-10-2-3-14(8-10)4-5-15/h6-7,10,15H,2-5,8H2,1H3. The Kier molecular flexibility index (Phi) is 3.69. The minimum atomic E-state index is 0.170. The second kappa shape index (κ2) is 5.23. The lowest BCUT2D eigenvalue weighted by atomic mass is 10.3. The number of ether oxygens (including phenoxy) is 1. The van der Waals surface area contributed by atoms with E-state index in [0.29, 0.717) is 5.88 Å². The highest BCUT2D eigenvalue weighted by Gasteiger charge is 2.23. The van der Waals surface area contributed by atoms with E-state index in [1.54, 1.807) is 12.4 Å². The largest absolute Gasteiger partial charge is 0.472 e. The molecular formula is C11H17N3O2. The Morgan fingerprint density at radius 2 is 2.38 bits per heavy atom. The highest BCUT2D eigenvalue weighted by molar-refractivity contribution is 5.06. The van der Waals surface area contributed by atoms with Crippen molar-refractivity contribution in [1.82, 2.24) is 14.9 Å². The summed E-state index contributed by atoms with van der Waals surface area (Å²) in [5.41, 5.74) is 0.890. The van der Waals surface area contributed by atoms with Crippen molar-refractivity contribution >= 4 is 0 Å². The Morgan fingerprint density at radius 1 is 1.50 bits per heavy atom. The minimum Gasteiger partial charge on any atom is -0.472 e. The quantitative estimate of drug-likeness (QED) is 0.792. The van der Waals surface area contributed by atoms with Crippen LogP contribution in [0.3, 0.4) is 0 Å². The van der Waals surface area contributed by atoms with Crippen LogP contribution in [-0.2, 0) is 0 Å². The highest BCUT2D eigenvalue weighted by Crippen LogP contribution is 2.15. The Bertz CT molecular complexity index is 329. The number of aryl methyl sites for hydroxylation is 1. The summed E-state index contributed by atoms with van der Waals surface area (Å²) in [6, 6.07) is 0. The molecule has 16 heavy (non-hydrogen) atoms. The van der Waals surface area contributed by atoms with Crippen molar-refractivity contribution in [1.29, 1.82) is 0 Å². The molecule has 1 atom stereocenters. The summed E-state index contributed by atoms with van der Waals surface area (Å²) < 4.78 is 5.71. The summed E-state index contributed by atoms with van der Waals surface area (Å²) in [7, 11) is 0. The number of aliphatic hydroxyl groups is 1. The van der Waals surface area contributed by atoms with Gasteiger partial charge < -0.3 is 9.84 Å². The second-order valence-corrected chi connectivity index (χ2v) is 4.05. The molecule has 0 bridgehead atoms. The molecule has 1 aromatic rings. The van der Waals surface area contributed by atoms with Crippen molar-refractivity contribution in [3.8, 4) is 5.88 Å². The molecule has 0 amide bonds. The molecular weight excluding hydrogens is 206 g/mol. The molecule has 0 aliphatic carbocycles. The lowest BCUT2D eigenvalue weighted by molar-refractivity contribution is 0.176. The van der Waals surface area contributed by atoms with Gasteiger partial charge in [-0.1, -0.05) is 0 Å². The average molecular weight is 223 g/mol. The third-order valence-corrected chi connectivity index (χ3v) is 2.69. The average Bonchev–Trinajstić information content (AvgIpc) is 2.70. The molecule has 1 aliphatic rings. The van der Waals surface area contributed by atoms with Crippen LogP contribution in [-0.4, -0.2) is 52.3 Å². The number of aliphatic hydroxyl groups excluding tert-OH is 1. The van der Waals surface area contributed by atoms with Crippen LogP contribution < -0.4 is 4.74 Å². The number of hydrogen-bond acceptors (Lipinski definition) is 5. The van der Waals surface area contributed by atoms with E-state index in [2.05, 4.69) is 14.9 Å². The van der Waals surface area contributed by atoms with Crippen molar-refractivity contribution in [2.24, 2.45) is 0 Å². The molecule has 0 aromatic carbocycles. The second-order valence-electron chi connectivity index (χ2n) is 4.05. The molecule has 1 aromatic heterocycles. The molecule has 0 saturated carbocycles. The van der Waals surface area contributed by atoms with E-state index in [4.69, 9.17) is 9.84 Å². The first-order valence-corrected chi connectivity index (χ1v) is 5.56. The first kappa shape index (κ1) is 11.3. The van der Waals surface area contributed by atoms with Gasteiger partial charge in [0.25, 0.3) is 0 Å². The fourth-order valence-electron chi connectivity index (χ4n) is 1.85. The number of hydrogen-bond donors (Lipinski definition) is 1. The van der Waals surface area contributed by atoms with Gasteiger partial charge in [0.2, 0.25) is 5.88 Å². The van der Waals surface area contributed by atoms with Crippen molar-refractivity contribution < 1.29 is 9.84 Å². The van der Waals surface area contributed by atoms with Gasteiger partial charge in [-0.15, -0.1) is 0 Å². The predicted octanol–water partition coefficient (Wildman–Crippen LogP) is 0.230. The first-order chi connectivity index (χ1) is 7.78. The van der Waals surface area contributed by atoms with Gasteiger partial charge in [-0.2, -0.15) is 0 Å².